The zero-order valence-corrected chi connectivity index (χ0v) is 20.0. The van der Waals surface area contributed by atoms with Gasteiger partial charge in [-0.1, -0.05) is 19.9 Å². The minimum atomic E-state index is -3.73. The van der Waals surface area contributed by atoms with Crippen LogP contribution < -0.4 is 15.4 Å². The van der Waals surface area contributed by atoms with E-state index >= 15 is 0 Å². The molecule has 0 bridgehead atoms. The standard InChI is InChI=1S/C24H27N3O6S/c1-4-27(5-2)34(30,31)19-12-13-21(32-6-3)20(16-19)26-23(28)17-9-7-10-18(15-17)25-24(29)22-11-8-14-33-22/h7-16H,4-6H2,1-3H3,(H,25,29)(H,26,28). The lowest BCUT2D eigenvalue weighted by Crippen LogP contribution is -2.30. The number of anilines is 2. The lowest BCUT2D eigenvalue weighted by Gasteiger charge is -2.20. The van der Waals surface area contributed by atoms with Crippen LogP contribution in [0.15, 0.2) is 70.2 Å². The van der Waals surface area contributed by atoms with E-state index in [9.17, 15) is 18.0 Å². The lowest BCUT2D eigenvalue weighted by atomic mass is 10.1. The molecule has 0 radical (unpaired) electrons. The highest BCUT2D eigenvalue weighted by molar-refractivity contribution is 7.89. The number of nitrogens with zero attached hydrogens (tertiary/aromatic N) is 1. The van der Waals surface area contributed by atoms with Gasteiger partial charge in [-0.2, -0.15) is 4.31 Å². The van der Waals surface area contributed by atoms with Crippen molar-refractivity contribution in [2.75, 3.05) is 30.3 Å². The lowest BCUT2D eigenvalue weighted by molar-refractivity contribution is 0.0993. The SMILES string of the molecule is CCOc1ccc(S(=O)(=O)N(CC)CC)cc1NC(=O)c1cccc(NC(=O)c2ccco2)c1. The quantitative estimate of drug-likeness (QED) is 0.444. The molecule has 0 aliphatic heterocycles. The van der Waals surface area contributed by atoms with Gasteiger partial charge in [0.2, 0.25) is 10.0 Å². The Hall–Kier alpha value is -3.63. The van der Waals surface area contributed by atoms with Gasteiger partial charge in [-0.25, -0.2) is 8.42 Å². The van der Waals surface area contributed by atoms with Crippen molar-refractivity contribution in [1.82, 2.24) is 4.31 Å². The molecule has 2 aromatic carbocycles. The Labute approximate surface area is 198 Å². The van der Waals surface area contributed by atoms with Crippen LogP contribution >= 0.6 is 0 Å². The molecule has 0 aliphatic rings. The van der Waals surface area contributed by atoms with Crippen molar-refractivity contribution in [3.63, 3.8) is 0 Å². The van der Waals surface area contributed by atoms with Gasteiger partial charge in [0.15, 0.2) is 5.76 Å². The minimum Gasteiger partial charge on any atom is -0.492 e. The highest BCUT2D eigenvalue weighted by Crippen LogP contribution is 2.30. The summed E-state index contributed by atoms with van der Waals surface area (Å²) in [5.74, 6) is -0.456. The average Bonchev–Trinajstić information content (AvgIpc) is 3.36. The molecule has 1 aromatic heterocycles. The van der Waals surface area contributed by atoms with Gasteiger partial charge >= 0.3 is 0 Å². The molecular formula is C24H27N3O6S. The first-order valence-electron chi connectivity index (χ1n) is 10.8. The number of rotatable bonds is 10. The van der Waals surface area contributed by atoms with E-state index < -0.39 is 21.8 Å². The molecule has 1 heterocycles. The van der Waals surface area contributed by atoms with Crippen molar-refractivity contribution in [2.24, 2.45) is 0 Å². The van der Waals surface area contributed by atoms with Crippen molar-refractivity contribution in [2.45, 2.75) is 25.7 Å². The summed E-state index contributed by atoms with van der Waals surface area (Å²) in [6.07, 6.45) is 1.39. The van der Waals surface area contributed by atoms with Gasteiger partial charge in [-0.05, 0) is 55.5 Å². The number of furan rings is 1. The van der Waals surface area contributed by atoms with Crippen LogP contribution in [-0.4, -0.2) is 44.2 Å². The molecule has 180 valence electrons. The summed E-state index contributed by atoms with van der Waals surface area (Å²) in [6, 6.07) is 13.8. The molecule has 2 N–H and O–H groups in total. The van der Waals surface area contributed by atoms with Crippen LogP contribution in [0.3, 0.4) is 0 Å². The predicted molar refractivity (Wildman–Crippen MR) is 129 cm³/mol. The Balaban J connectivity index is 1.86. The highest BCUT2D eigenvalue weighted by Gasteiger charge is 2.23. The van der Waals surface area contributed by atoms with Crippen molar-refractivity contribution >= 4 is 33.2 Å². The third-order valence-corrected chi connectivity index (χ3v) is 7.02. The smallest absolute Gasteiger partial charge is 0.291 e. The molecule has 10 heteroatoms. The first-order chi connectivity index (χ1) is 16.3. The van der Waals surface area contributed by atoms with E-state index in [1.807, 2.05) is 0 Å². The number of carbonyl (C=O) groups excluding carboxylic acids is 2. The van der Waals surface area contributed by atoms with E-state index in [0.717, 1.165) is 0 Å². The van der Waals surface area contributed by atoms with Crippen molar-refractivity contribution in [3.8, 4) is 5.75 Å². The molecule has 0 spiro atoms. The van der Waals surface area contributed by atoms with Gasteiger partial charge in [0.05, 0.1) is 23.5 Å². The third-order valence-electron chi connectivity index (χ3n) is 4.97. The van der Waals surface area contributed by atoms with E-state index in [0.29, 0.717) is 31.1 Å². The number of ether oxygens (including phenoxy) is 1. The van der Waals surface area contributed by atoms with Gasteiger partial charge < -0.3 is 19.8 Å². The second-order valence-corrected chi connectivity index (χ2v) is 9.08. The molecule has 34 heavy (non-hydrogen) atoms. The zero-order chi connectivity index (χ0) is 24.7. The van der Waals surface area contributed by atoms with E-state index in [1.165, 1.54) is 40.9 Å². The normalized spacial score (nSPS) is 11.3. The average molecular weight is 486 g/mol. The Morgan fingerprint density at radius 1 is 0.941 bits per heavy atom. The number of amides is 2. The first kappa shape index (κ1) is 25.0. The molecule has 9 nitrogen and oxygen atoms in total. The fourth-order valence-electron chi connectivity index (χ4n) is 3.29. The minimum absolute atomic E-state index is 0.0504. The Bertz CT molecular complexity index is 1250. The Kier molecular flexibility index (Phi) is 8.08. The third kappa shape index (κ3) is 5.64. The van der Waals surface area contributed by atoms with Crippen LogP contribution in [0.25, 0.3) is 0 Å². The molecule has 0 saturated carbocycles. The van der Waals surface area contributed by atoms with Gasteiger partial charge in [0.25, 0.3) is 11.8 Å². The summed E-state index contributed by atoms with van der Waals surface area (Å²) in [7, 11) is -3.73. The molecule has 0 unspecified atom stereocenters. The summed E-state index contributed by atoms with van der Waals surface area (Å²) in [6.45, 7) is 6.29. The highest BCUT2D eigenvalue weighted by atomic mass is 32.2. The molecule has 3 aromatic rings. The van der Waals surface area contributed by atoms with E-state index in [4.69, 9.17) is 9.15 Å². The van der Waals surface area contributed by atoms with Crippen LogP contribution in [0.5, 0.6) is 5.75 Å². The number of benzene rings is 2. The molecule has 3 rings (SSSR count). The van der Waals surface area contributed by atoms with Gasteiger partial charge in [0.1, 0.15) is 5.75 Å². The first-order valence-corrected chi connectivity index (χ1v) is 12.3. The summed E-state index contributed by atoms with van der Waals surface area (Å²) in [5, 5.41) is 5.40. The van der Waals surface area contributed by atoms with E-state index in [-0.39, 0.29) is 21.9 Å². The van der Waals surface area contributed by atoms with Crippen LogP contribution in [0, 0.1) is 0 Å². The van der Waals surface area contributed by atoms with Gasteiger partial charge in [-0.3, -0.25) is 9.59 Å². The maximum absolute atomic E-state index is 13.0. The summed E-state index contributed by atoms with van der Waals surface area (Å²) < 4.78 is 37.9. The van der Waals surface area contributed by atoms with Crippen LogP contribution in [-0.2, 0) is 10.0 Å². The Morgan fingerprint density at radius 2 is 1.71 bits per heavy atom. The van der Waals surface area contributed by atoms with Crippen LogP contribution in [0.2, 0.25) is 0 Å². The fourth-order valence-corrected chi connectivity index (χ4v) is 4.78. The zero-order valence-electron chi connectivity index (χ0n) is 19.2. The van der Waals surface area contributed by atoms with E-state index in [1.54, 1.807) is 45.0 Å². The number of carbonyl (C=O) groups is 2. The summed E-state index contributed by atoms with van der Waals surface area (Å²) in [4.78, 5) is 25.3. The second-order valence-electron chi connectivity index (χ2n) is 7.15. The molecular weight excluding hydrogens is 458 g/mol. The van der Waals surface area contributed by atoms with Crippen molar-refractivity contribution in [3.05, 3.63) is 72.2 Å². The summed E-state index contributed by atoms with van der Waals surface area (Å²) in [5.41, 5.74) is 0.888. The van der Waals surface area contributed by atoms with E-state index in [2.05, 4.69) is 10.6 Å². The van der Waals surface area contributed by atoms with Crippen LogP contribution in [0.1, 0.15) is 41.7 Å². The maximum atomic E-state index is 13.0. The topological polar surface area (TPSA) is 118 Å². The molecule has 0 fully saturated rings. The number of nitrogens with one attached hydrogen (secondary N) is 2. The van der Waals surface area contributed by atoms with Crippen LogP contribution in [0.4, 0.5) is 11.4 Å². The number of hydrogen-bond donors (Lipinski definition) is 2. The van der Waals surface area contributed by atoms with Crippen molar-refractivity contribution < 1.29 is 27.2 Å². The predicted octanol–water partition coefficient (Wildman–Crippen LogP) is 4.21. The fraction of sp³-hybridized carbons (Fsp3) is 0.250. The molecule has 0 saturated heterocycles. The molecule has 2 amide bonds. The monoisotopic (exact) mass is 485 g/mol. The van der Waals surface area contributed by atoms with Crippen molar-refractivity contribution in [1.29, 1.82) is 0 Å². The number of sulfonamides is 1. The molecule has 0 atom stereocenters. The molecule has 0 aliphatic carbocycles. The maximum Gasteiger partial charge on any atom is 0.291 e. The Morgan fingerprint density at radius 3 is 2.35 bits per heavy atom. The van der Waals surface area contributed by atoms with Gasteiger partial charge in [-0.15, -0.1) is 0 Å². The number of hydrogen-bond acceptors (Lipinski definition) is 6. The largest absolute Gasteiger partial charge is 0.492 e. The van der Waals surface area contributed by atoms with Gasteiger partial charge in [0, 0.05) is 24.3 Å². The summed E-state index contributed by atoms with van der Waals surface area (Å²) >= 11 is 0. The second kappa shape index (κ2) is 11.0.